The zero-order valence-corrected chi connectivity index (χ0v) is 10.3. The van der Waals surface area contributed by atoms with E-state index < -0.39 is 36.8 Å². The van der Waals surface area contributed by atoms with Gasteiger partial charge in [0, 0.05) is 12.9 Å². The minimum atomic E-state index is -1.28. The molecule has 4 N–H and O–H groups in total. The Morgan fingerprint density at radius 3 is 3.00 bits per heavy atom. The molecule has 0 saturated carbocycles. The van der Waals surface area contributed by atoms with Crippen molar-refractivity contribution in [1.82, 2.24) is 9.55 Å². The highest BCUT2D eigenvalue weighted by Crippen LogP contribution is 2.30. The summed E-state index contributed by atoms with van der Waals surface area (Å²) in [6.07, 6.45) is -2.99. The fourth-order valence-corrected chi connectivity index (χ4v) is 1.91. The minimum Gasteiger partial charge on any atom is -0.394 e. The van der Waals surface area contributed by atoms with Gasteiger partial charge in [0.2, 0.25) is 0 Å². The van der Waals surface area contributed by atoms with E-state index in [4.69, 9.17) is 15.4 Å². The summed E-state index contributed by atoms with van der Waals surface area (Å²) in [6.45, 7) is 2.59. The molecule has 1 saturated heterocycles. The standard InChI is InChI=1S/C10H14N4O6/c1-12-20-19-8-5(4-15)18-9(7(8)16)14-3-2-6(11)13-10(14)17/h2-3,5,7-9,15-16H,1,4H2,(H2,11,13,17)/t5-,7?,8?,9-/m1/s1. The highest BCUT2D eigenvalue weighted by Gasteiger charge is 2.47. The third-order valence-corrected chi connectivity index (χ3v) is 2.82. The van der Waals surface area contributed by atoms with Crippen LogP contribution < -0.4 is 11.4 Å². The van der Waals surface area contributed by atoms with Gasteiger partial charge in [-0.25, -0.2) is 9.78 Å². The molecule has 2 heterocycles. The van der Waals surface area contributed by atoms with Gasteiger partial charge in [-0.2, -0.15) is 9.87 Å². The van der Waals surface area contributed by atoms with Crippen LogP contribution >= 0.6 is 0 Å². The van der Waals surface area contributed by atoms with Crippen LogP contribution in [-0.4, -0.2) is 51.4 Å². The second-order valence-corrected chi connectivity index (χ2v) is 4.04. The number of oxime groups is 1. The van der Waals surface area contributed by atoms with Crippen LogP contribution in [0.25, 0.3) is 0 Å². The van der Waals surface area contributed by atoms with Crippen LogP contribution in [-0.2, 0) is 14.6 Å². The number of rotatable bonds is 5. The van der Waals surface area contributed by atoms with E-state index >= 15 is 0 Å². The first kappa shape index (κ1) is 14.4. The first-order valence-electron chi connectivity index (χ1n) is 5.66. The van der Waals surface area contributed by atoms with Gasteiger partial charge < -0.3 is 20.7 Å². The molecule has 0 aliphatic carbocycles. The molecule has 2 unspecified atom stereocenters. The summed E-state index contributed by atoms with van der Waals surface area (Å²) in [4.78, 5) is 24.3. The second kappa shape index (κ2) is 5.96. The highest BCUT2D eigenvalue weighted by molar-refractivity contribution is 5.23. The fraction of sp³-hybridized carbons (Fsp3) is 0.500. The van der Waals surface area contributed by atoms with Crippen molar-refractivity contribution in [2.24, 2.45) is 5.16 Å². The molecule has 110 valence electrons. The van der Waals surface area contributed by atoms with Crippen LogP contribution in [0, 0.1) is 0 Å². The molecule has 10 heteroatoms. The van der Waals surface area contributed by atoms with Gasteiger partial charge >= 0.3 is 5.69 Å². The number of aliphatic hydroxyl groups excluding tert-OH is 2. The highest BCUT2D eigenvalue weighted by atomic mass is 17.3. The summed E-state index contributed by atoms with van der Waals surface area (Å²) in [5, 5.41) is 22.3. The third-order valence-electron chi connectivity index (χ3n) is 2.82. The fourth-order valence-electron chi connectivity index (χ4n) is 1.91. The maximum Gasteiger partial charge on any atom is 0.351 e. The van der Waals surface area contributed by atoms with E-state index in [1.807, 2.05) is 0 Å². The summed E-state index contributed by atoms with van der Waals surface area (Å²) in [5.41, 5.74) is 4.68. The van der Waals surface area contributed by atoms with Crippen LogP contribution in [0.3, 0.4) is 0 Å². The van der Waals surface area contributed by atoms with Crippen molar-refractivity contribution in [1.29, 1.82) is 0 Å². The number of ether oxygens (including phenoxy) is 1. The zero-order chi connectivity index (χ0) is 14.7. The first-order chi connectivity index (χ1) is 9.58. The van der Waals surface area contributed by atoms with Crippen molar-refractivity contribution < 1.29 is 24.8 Å². The van der Waals surface area contributed by atoms with Gasteiger partial charge in [-0.15, -0.1) is 0 Å². The molecule has 0 spiro atoms. The lowest BCUT2D eigenvalue weighted by atomic mass is 10.1. The van der Waals surface area contributed by atoms with E-state index in [-0.39, 0.29) is 5.82 Å². The Labute approximate surface area is 112 Å². The van der Waals surface area contributed by atoms with Crippen LogP contribution in [0.5, 0.6) is 0 Å². The van der Waals surface area contributed by atoms with E-state index in [0.717, 1.165) is 4.57 Å². The molecule has 4 atom stereocenters. The number of hydrogen-bond acceptors (Lipinski definition) is 9. The Kier molecular flexibility index (Phi) is 4.29. The normalized spacial score (nSPS) is 29.3. The SMILES string of the molecule is C=NOOC1C(O)[C@H](n2ccc(N)nc2=O)O[C@@H]1CO. The molecule has 1 fully saturated rings. The molecule has 1 aromatic rings. The van der Waals surface area contributed by atoms with Crippen LogP contribution in [0.2, 0.25) is 0 Å². The lowest BCUT2D eigenvalue weighted by Crippen LogP contribution is -2.37. The lowest BCUT2D eigenvalue weighted by Gasteiger charge is -2.17. The number of nitrogen functional groups attached to an aromatic ring is 1. The number of aliphatic hydroxyl groups is 2. The predicted molar refractivity (Wildman–Crippen MR) is 65.4 cm³/mol. The average Bonchev–Trinajstić information content (AvgIpc) is 2.73. The summed E-state index contributed by atoms with van der Waals surface area (Å²) < 4.78 is 6.39. The molecular weight excluding hydrogens is 272 g/mol. The van der Waals surface area contributed by atoms with Gasteiger partial charge in [0.25, 0.3) is 0 Å². The molecule has 1 aromatic heterocycles. The van der Waals surface area contributed by atoms with Gasteiger partial charge in [0.1, 0.15) is 18.0 Å². The number of nitrogens with zero attached hydrogens (tertiary/aromatic N) is 3. The molecular formula is C10H14N4O6. The molecule has 0 bridgehead atoms. The summed E-state index contributed by atoms with van der Waals surface area (Å²) >= 11 is 0. The number of hydrogen-bond donors (Lipinski definition) is 3. The largest absolute Gasteiger partial charge is 0.394 e. The third kappa shape index (κ3) is 2.63. The van der Waals surface area contributed by atoms with E-state index in [9.17, 15) is 15.0 Å². The van der Waals surface area contributed by atoms with E-state index in [1.54, 1.807) is 0 Å². The summed E-state index contributed by atoms with van der Waals surface area (Å²) in [7, 11) is 0. The van der Waals surface area contributed by atoms with Crippen molar-refractivity contribution in [2.45, 2.75) is 24.5 Å². The van der Waals surface area contributed by atoms with Crippen molar-refractivity contribution in [3.05, 3.63) is 22.7 Å². The number of aromatic nitrogens is 2. The monoisotopic (exact) mass is 286 g/mol. The molecule has 0 amide bonds. The van der Waals surface area contributed by atoms with Gasteiger partial charge in [0.05, 0.1) is 6.61 Å². The number of anilines is 1. The van der Waals surface area contributed by atoms with Gasteiger partial charge in [-0.3, -0.25) is 4.57 Å². The summed E-state index contributed by atoms with van der Waals surface area (Å²) in [6, 6.07) is 1.38. The Balaban J connectivity index is 2.25. The van der Waals surface area contributed by atoms with E-state index in [1.165, 1.54) is 12.3 Å². The van der Waals surface area contributed by atoms with Crippen molar-refractivity contribution in [3.8, 4) is 0 Å². The first-order valence-corrected chi connectivity index (χ1v) is 5.66. The number of nitrogens with two attached hydrogens (primary N) is 1. The molecule has 20 heavy (non-hydrogen) atoms. The smallest absolute Gasteiger partial charge is 0.351 e. The van der Waals surface area contributed by atoms with E-state index in [0.29, 0.717) is 0 Å². The predicted octanol–water partition coefficient (Wildman–Crippen LogP) is -1.99. The minimum absolute atomic E-state index is 0.0458. The van der Waals surface area contributed by atoms with E-state index in [2.05, 4.69) is 21.8 Å². The quantitative estimate of drug-likeness (QED) is 0.321. The van der Waals surface area contributed by atoms with Crippen molar-refractivity contribution in [3.63, 3.8) is 0 Å². The Morgan fingerprint density at radius 1 is 1.65 bits per heavy atom. The van der Waals surface area contributed by atoms with Crippen LogP contribution in [0.15, 0.2) is 22.2 Å². The molecule has 0 aromatic carbocycles. The molecule has 1 aliphatic heterocycles. The van der Waals surface area contributed by atoms with Gasteiger partial charge in [-0.05, 0) is 6.07 Å². The second-order valence-electron chi connectivity index (χ2n) is 4.04. The molecule has 1 aliphatic rings. The Bertz CT molecular complexity index is 535. The van der Waals surface area contributed by atoms with Crippen molar-refractivity contribution in [2.75, 3.05) is 12.3 Å². The lowest BCUT2D eigenvalue weighted by molar-refractivity contribution is -0.341. The maximum absolute atomic E-state index is 11.7. The van der Waals surface area contributed by atoms with Crippen LogP contribution in [0.4, 0.5) is 5.82 Å². The topological polar surface area (TPSA) is 141 Å². The zero-order valence-electron chi connectivity index (χ0n) is 10.3. The molecule has 10 nitrogen and oxygen atoms in total. The van der Waals surface area contributed by atoms with Crippen molar-refractivity contribution >= 4 is 12.5 Å². The molecule has 0 radical (unpaired) electrons. The molecule has 2 rings (SSSR count). The summed E-state index contributed by atoms with van der Waals surface area (Å²) in [5.74, 6) is 0.0458. The van der Waals surface area contributed by atoms with Gasteiger partial charge in [-0.1, -0.05) is 5.16 Å². The van der Waals surface area contributed by atoms with Crippen LogP contribution in [0.1, 0.15) is 6.23 Å². The average molecular weight is 286 g/mol. The Morgan fingerprint density at radius 2 is 2.40 bits per heavy atom. The Hall–Kier alpha value is -2.01. The van der Waals surface area contributed by atoms with Gasteiger partial charge in [0.15, 0.2) is 12.3 Å². The maximum atomic E-state index is 11.7.